The number of nitrogens with two attached hydrogens (primary N) is 1. The molecule has 0 atom stereocenters. The fraction of sp³-hybridized carbons (Fsp3) is 0.167. The molecule has 1 aromatic heterocycles. The van der Waals surface area contributed by atoms with Gasteiger partial charge < -0.3 is 15.6 Å². The molecule has 5 nitrogen and oxygen atoms in total. The summed E-state index contributed by atoms with van der Waals surface area (Å²) in [6.45, 7) is 1.76. The van der Waals surface area contributed by atoms with Gasteiger partial charge in [0.05, 0.1) is 16.5 Å². The number of hydrogen-bond acceptors (Lipinski definition) is 5. The van der Waals surface area contributed by atoms with Crippen LogP contribution in [0.4, 0.5) is 11.5 Å². The number of thioether (sulfide) groups is 1. The lowest BCUT2D eigenvalue weighted by Gasteiger charge is -2.04. The molecule has 2 aromatic rings. The van der Waals surface area contributed by atoms with E-state index in [2.05, 4.69) is 10.5 Å². The molecule has 0 aliphatic rings. The molecule has 0 spiro atoms. The monoisotopic (exact) mass is 297 g/mol. The molecule has 0 aliphatic carbocycles. The summed E-state index contributed by atoms with van der Waals surface area (Å²) < 4.78 is 4.85. The SMILES string of the molecule is Cc1cc(NC(=O)CSc2ccc(N)c(Cl)c2)no1. The number of carbonyl (C=O) groups is 1. The van der Waals surface area contributed by atoms with Gasteiger partial charge >= 0.3 is 0 Å². The highest BCUT2D eigenvalue weighted by molar-refractivity contribution is 8.00. The van der Waals surface area contributed by atoms with E-state index in [1.165, 1.54) is 11.8 Å². The predicted octanol–water partition coefficient (Wildman–Crippen LogP) is 2.95. The zero-order valence-corrected chi connectivity index (χ0v) is 11.7. The van der Waals surface area contributed by atoms with Crippen molar-refractivity contribution in [1.82, 2.24) is 5.16 Å². The van der Waals surface area contributed by atoms with Crippen LogP contribution in [-0.4, -0.2) is 16.8 Å². The van der Waals surface area contributed by atoms with E-state index in [9.17, 15) is 4.79 Å². The number of aryl methyl sites for hydroxylation is 1. The summed E-state index contributed by atoms with van der Waals surface area (Å²) in [6, 6.07) is 6.92. The van der Waals surface area contributed by atoms with Crippen molar-refractivity contribution >= 4 is 40.8 Å². The van der Waals surface area contributed by atoms with E-state index in [1.807, 2.05) is 6.07 Å². The fourth-order valence-electron chi connectivity index (χ4n) is 1.35. The Morgan fingerprint density at radius 2 is 2.32 bits per heavy atom. The van der Waals surface area contributed by atoms with Crippen molar-refractivity contribution in [3.05, 3.63) is 35.0 Å². The third-order valence-corrected chi connectivity index (χ3v) is 3.56. The maximum atomic E-state index is 11.7. The summed E-state index contributed by atoms with van der Waals surface area (Å²) in [6.07, 6.45) is 0. The fourth-order valence-corrected chi connectivity index (χ4v) is 2.33. The van der Waals surface area contributed by atoms with Crippen molar-refractivity contribution in [2.24, 2.45) is 0 Å². The number of amides is 1. The van der Waals surface area contributed by atoms with Crippen molar-refractivity contribution in [1.29, 1.82) is 0 Å². The predicted molar refractivity (Wildman–Crippen MR) is 76.5 cm³/mol. The zero-order valence-electron chi connectivity index (χ0n) is 10.1. The summed E-state index contributed by atoms with van der Waals surface area (Å²) in [4.78, 5) is 12.6. The van der Waals surface area contributed by atoms with Crippen molar-refractivity contribution in [3.8, 4) is 0 Å². The maximum Gasteiger partial charge on any atom is 0.235 e. The maximum absolute atomic E-state index is 11.7. The summed E-state index contributed by atoms with van der Waals surface area (Å²) in [5.41, 5.74) is 6.13. The van der Waals surface area contributed by atoms with Crippen LogP contribution >= 0.6 is 23.4 Å². The first-order valence-corrected chi connectivity index (χ1v) is 6.82. The van der Waals surface area contributed by atoms with Gasteiger partial charge in [-0.2, -0.15) is 0 Å². The molecule has 0 fully saturated rings. The molecule has 3 N–H and O–H groups in total. The Hall–Kier alpha value is -1.66. The van der Waals surface area contributed by atoms with Gasteiger partial charge in [0.15, 0.2) is 5.82 Å². The molecular formula is C12H12ClN3O2S. The van der Waals surface area contributed by atoms with Gasteiger partial charge in [-0.3, -0.25) is 4.79 Å². The first kappa shape index (κ1) is 13.8. The van der Waals surface area contributed by atoms with Crippen LogP contribution in [0.1, 0.15) is 5.76 Å². The van der Waals surface area contributed by atoms with Crippen molar-refractivity contribution in [2.45, 2.75) is 11.8 Å². The summed E-state index contributed by atoms with van der Waals surface area (Å²) >= 11 is 7.27. The molecule has 1 heterocycles. The number of anilines is 2. The second-order valence-electron chi connectivity index (χ2n) is 3.84. The molecule has 0 unspecified atom stereocenters. The highest BCUT2D eigenvalue weighted by atomic mass is 35.5. The Morgan fingerprint density at radius 1 is 1.53 bits per heavy atom. The molecule has 0 aliphatic heterocycles. The van der Waals surface area contributed by atoms with Gasteiger partial charge in [0.25, 0.3) is 0 Å². The topological polar surface area (TPSA) is 81.2 Å². The van der Waals surface area contributed by atoms with E-state index < -0.39 is 0 Å². The molecule has 19 heavy (non-hydrogen) atoms. The molecule has 100 valence electrons. The second kappa shape index (κ2) is 5.99. The van der Waals surface area contributed by atoms with E-state index >= 15 is 0 Å². The Labute approximate surface area is 119 Å². The molecule has 1 amide bonds. The average Bonchev–Trinajstić information content (AvgIpc) is 2.76. The highest BCUT2D eigenvalue weighted by Crippen LogP contribution is 2.26. The van der Waals surface area contributed by atoms with Crippen LogP contribution in [-0.2, 0) is 4.79 Å². The quantitative estimate of drug-likeness (QED) is 0.670. The lowest BCUT2D eigenvalue weighted by Crippen LogP contribution is -2.14. The van der Waals surface area contributed by atoms with E-state index in [0.717, 1.165) is 4.90 Å². The third kappa shape index (κ3) is 3.90. The van der Waals surface area contributed by atoms with Crippen LogP contribution in [0.15, 0.2) is 33.7 Å². The Morgan fingerprint density at radius 3 is 2.95 bits per heavy atom. The summed E-state index contributed by atoms with van der Waals surface area (Å²) in [5.74, 6) is 1.16. The molecule has 7 heteroatoms. The zero-order chi connectivity index (χ0) is 13.8. The van der Waals surface area contributed by atoms with Gasteiger partial charge in [0.1, 0.15) is 5.76 Å². The number of hydrogen-bond donors (Lipinski definition) is 2. The van der Waals surface area contributed by atoms with Crippen LogP contribution < -0.4 is 11.1 Å². The van der Waals surface area contributed by atoms with E-state index in [1.54, 1.807) is 25.1 Å². The van der Waals surface area contributed by atoms with Crippen LogP contribution in [0.25, 0.3) is 0 Å². The summed E-state index contributed by atoms with van der Waals surface area (Å²) in [5, 5.41) is 6.80. The molecule has 0 saturated heterocycles. The number of nitrogens with zero attached hydrogens (tertiary/aromatic N) is 1. The smallest absolute Gasteiger partial charge is 0.235 e. The van der Waals surface area contributed by atoms with Crippen LogP contribution in [0, 0.1) is 6.92 Å². The summed E-state index contributed by atoms with van der Waals surface area (Å²) in [7, 11) is 0. The van der Waals surface area contributed by atoms with E-state index in [4.69, 9.17) is 21.9 Å². The molecule has 1 aromatic carbocycles. The minimum Gasteiger partial charge on any atom is -0.398 e. The van der Waals surface area contributed by atoms with Gasteiger partial charge in [0.2, 0.25) is 5.91 Å². The standard InChI is InChI=1S/C12H12ClN3O2S/c1-7-4-11(16-18-7)15-12(17)6-19-8-2-3-10(14)9(13)5-8/h2-5H,6,14H2,1H3,(H,15,16,17). The second-order valence-corrected chi connectivity index (χ2v) is 5.30. The average molecular weight is 298 g/mol. The number of benzene rings is 1. The van der Waals surface area contributed by atoms with Gasteiger partial charge in [-0.25, -0.2) is 0 Å². The van der Waals surface area contributed by atoms with Crippen LogP contribution in [0.3, 0.4) is 0 Å². The number of nitrogen functional groups attached to an aromatic ring is 1. The molecule has 0 bridgehead atoms. The molecule has 2 rings (SSSR count). The largest absolute Gasteiger partial charge is 0.398 e. The number of rotatable bonds is 4. The lowest BCUT2D eigenvalue weighted by molar-refractivity contribution is -0.113. The van der Waals surface area contributed by atoms with Crippen molar-refractivity contribution < 1.29 is 9.32 Å². The number of nitrogens with one attached hydrogen (secondary N) is 1. The minimum atomic E-state index is -0.161. The first-order chi connectivity index (χ1) is 9.04. The van der Waals surface area contributed by atoms with Gasteiger partial charge in [-0.1, -0.05) is 16.8 Å². The van der Waals surface area contributed by atoms with Crippen molar-refractivity contribution in [2.75, 3.05) is 16.8 Å². The number of aromatic nitrogens is 1. The highest BCUT2D eigenvalue weighted by Gasteiger charge is 2.07. The number of halogens is 1. The van der Waals surface area contributed by atoms with E-state index in [-0.39, 0.29) is 11.7 Å². The van der Waals surface area contributed by atoms with Gasteiger partial charge in [0, 0.05) is 11.0 Å². The first-order valence-electron chi connectivity index (χ1n) is 5.45. The Bertz CT molecular complexity index is 600. The Kier molecular flexibility index (Phi) is 4.34. The third-order valence-electron chi connectivity index (χ3n) is 2.24. The molecular weight excluding hydrogens is 286 g/mol. The molecule has 0 saturated carbocycles. The minimum absolute atomic E-state index is 0.161. The van der Waals surface area contributed by atoms with Crippen LogP contribution in [0.2, 0.25) is 5.02 Å². The lowest BCUT2D eigenvalue weighted by atomic mass is 10.3. The van der Waals surface area contributed by atoms with Crippen LogP contribution in [0.5, 0.6) is 0 Å². The van der Waals surface area contributed by atoms with Crippen molar-refractivity contribution in [3.63, 3.8) is 0 Å². The molecule has 0 radical (unpaired) electrons. The van der Waals surface area contributed by atoms with E-state index in [0.29, 0.717) is 22.3 Å². The normalized spacial score (nSPS) is 10.4. The number of carbonyl (C=O) groups excluding carboxylic acids is 1. The Balaban J connectivity index is 1.88. The van der Waals surface area contributed by atoms with Gasteiger partial charge in [-0.15, -0.1) is 11.8 Å². The van der Waals surface area contributed by atoms with Gasteiger partial charge in [-0.05, 0) is 25.1 Å².